The number of urea groups is 1. The Morgan fingerprint density at radius 3 is 2.29 bits per heavy atom. The van der Waals surface area contributed by atoms with Gasteiger partial charge in [-0.25, -0.2) is 4.79 Å². The van der Waals surface area contributed by atoms with E-state index in [0.717, 1.165) is 17.7 Å². The number of hydrogen-bond donors (Lipinski definition) is 2. The van der Waals surface area contributed by atoms with E-state index in [4.69, 9.17) is 0 Å². The van der Waals surface area contributed by atoms with Crippen molar-refractivity contribution < 1.29 is 4.79 Å². The van der Waals surface area contributed by atoms with Gasteiger partial charge in [0.2, 0.25) is 0 Å². The van der Waals surface area contributed by atoms with Crippen LogP contribution in [-0.4, -0.2) is 12.6 Å². The van der Waals surface area contributed by atoms with E-state index in [1.807, 2.05) is 48.5 Å². The number of nitrogens with one attached hydrogen (secondary N) is 2. The van der Waals surface area contributed by atoms with Gasteiger partial charge < -0.3 is 10.6 Å². The van der Waals surface area contributed by atoms with Crippen LogP contribution in [0.15, 0.2) is 70.5 Å². The second-order valence-electron chi connectivity index (χ2n) is 4.71. The summed E-state index contributed by atoms with van der Waals surface area (Å²) < 4.78 is 0. The van der Waals surface area contributed by atoms with Crippen LogP contribution >= 0.6 is 11.8 Å². The standard InChI is InChI=1S/C17H16N2OS/c20-17-18-12-11-15(21-14-9-5-2-6-10-14)16(19-17)13-7-3-1-4-8-13/h1-10H,11-12H2,(H2,18,19,20). The van der Waals surface area contributed by atoms with Gasteiger partial charge in [-0.3, -0.25) is 0 Å². The fourth-order valence-electron chi connectivity index (χ4n) is 2.21. The van der Waals surface area contributed by atoms with Gasteiger partial charge in [-0.1, -0.05) is 60.3 Å². The molecule has 0 fully saturated rings. The van der Waals surface area contributed by atoms with E-state index in [0.29, 0.717) is 6.54 Å². The number of carbonyl (C=O) groups is 1. The predicted molar refractivity (Wildman–Crippen MR) is 86.8 cm³/mol. The minimum Gasteiger partial charge on any atom is -0.338 e. The molecule has 2 amide bonds. The zero-order valence-corrected chi connectivity index (χ0v) is 12.3. The number of hydrogen-bond acceptors (Lipinski definition) is 2. The first-order valence-corrected chi connectivity index (χ1v) is 7.71. The van der Waals surface area contributed by atoms with Gasteiger partial charge in [0.05, 0.1) is 5.70 Å². The fourth-order valence-corrected chi connectivity index (χ4v) is 3.27. The third-order valence-electron chi connectivity index (χ3n) is 3.20. The lowest BCUT2D eigenvalue weighted by molar-refractivity contribution is 0.245. The SMILES string of the molecule is O=C1NCCC(Sc2ccccc2)=C(c2ccccc2)N1. The molecule has 0 unspecified atom stereocenters. The Kier molecular flexibility index (Phi) is 4.26. The van der Waals surface area contributed by atoms with Crippen molar-refractivity contribution in [2.24, 2.45) is 0 Å². The first-order valence-electron chi connectivity index (χ1n) is 6.89. The van der Waals surface area contributed by atoms with Crippen LogP contribution in [0, 0.1) is 0 Å². The van der Waals surface area contributed by atoms with Crippen molar-refractivity contribution >= 4 is 23.5 Å². The van der Waals surface area contributed by atoms with Gasteiger partial charge in [-0.15, -0.1) is 0 Å². The summed E-state index contributed by atoms with van der Waals surface area (Å²) in [4.78, 5) is 14.1. The zero-order chi connectivity index (χ0) is 14.5. The lowest BCUT2D eigenvalue weighted by atomic mass is 10.1. The molecule has 4 heteroatoms. The molecule has 2 aromatic rings. The monoisotopic (exact) mass is 296 g/mol. The highest BCUT2D eigenvalue weighted by Crippen LogP contribution is 2.34. The zero-order valence-electron chi connectivity index (χ0n) is 11.5. The minimum atomic E-state index is -0.141. The molecule has 0 aliphatic carbocycles. The summed E-state index contributed by atoms with van der Waals surface area (Å²) >= 11 is 1.71. The molecule has 0 saturated heterocycles. The van der Waals surface area contributed by atoms with E-state index in [-0.39, 0.29) is 6.03 Å². The smallest absolute Gasteiger partial charge is 0.319 e. The summed E-state index contributed by atoms with van der Waals surface area (Å²) in [6.45, 7) is 0.650. The first-order chi connectivity index (χ1) is 10.3. The third-order valence-corrected chi connectivity index (χ3v) is 4.36. The lowest BCUT2D eigenvalue weighted by Gasteiger charge is -2.12. The molecule has 1 aliphatic heterocycles. The summed E-state index contributed by atoms with van der Waals surface area (Å²) in [7, 11) is 0. The van der Waals surface area contributed by atoms with Crippen LogP contribution < -0.4 is 10.6 Å². The molecular formula is C17H16N2OS. The van der Waals surface area contributed by atoms with E-state index in [2.05, 4.69) is 22.8 Å². The molecule has 21 heavy (non-hydrogen) atoms. The Balaban J connectivity index is 1.99. The topological polar surface area (TPSA) is 41.1 Å². The average Bonchev–Trinajstić information content (AvgIpc) is 2.71. The molecule has 1 aliphatic rings. The van der Waals surface area contributed by atoms with Crippen molar-refractivity contribution in [2.45, 2.75) is 11.3 Å². The van der Waals surface area contributed by atoms with Gasteiger partial charge in [-0.2, -0.15) is 0 Å². The van der Waals surface area contributed by atoms with E-state index in [1.165, 1.54) is 9.80 Å². The summed E-state index contributed by atoms with van der Waals surface area (Å²) in [6.07, 6.45) is 0.822. The van der Waals surface area contributed by atoms with Gasteiger partial charge in [0.25, 0.3) is 0 Å². The molecule has 0 bridgehead atoms. The number of thioether (sulfide) groups is 1. The molecule has 1 heterocycles. The number of amides is 2. The molecule has 0 aromatic heterocycles. The van der Waals surface area contributed by atoms with Crippen LogP contribution in [0.5, 0.6) is 0 Å². The highest BCUT2D eigenvalue weighted by Gasteiger charge is 2.17. The largest absolute Gasteiger partial charge is 0.338 e. The highest BCUT2D eigenvalue weighted by molar-refractivity contribution is 8.03. The number of benzene rings is 2. The van der Waals surface area contributed by atoms with E-state index < -0.39 is 0 Å². The quantitative estimate of drug-likeness (QED) is 0.903. The van der Waals surface area contributed by atoms with Crippen LogP contribution in [0.3, 0.4) is 0 Å². The Hall–Kier alpha value is -2.20. The Bertz CT molecular complexity index is 653. The lowest BCUT2D eigenvalue weighted by Crippen LogP contribution is -2.32. The molecule has 0 saturated carbocycles. The molecule has 2 N–H and O–H groups in total. The molecule has 0 atom stereocenters. The Labute approximate surface area is 128 Å². The van der Waals surface area contributed by atoms with Gasteiger partial charge >= 0.3 is 6.03 Å². The van der Waals surface area contributed by atoms with E-state index in [1.54, 1.807) is 11.8 Å². The maximum atomic E-state index is 11.8. The summed E-state index contributed by atoms with van der Waals surface area (Å²) in [5.74, 6) is 0. The summed E-state index contributed by atoms with van der Waals surface area (Å²) in [5, 5.41) is 5.83. The maximum Gasteiger partial charge on any atom is 0.319 e. The summed E-state index contributed by atoms with van der Waals surface area (Å²) in [6, 6.07) is 20.1. The average molecular weight is 296 g/mol. The second-order valence-corrected chi connectivity index (χ2v) is 5.88. The van der Waals surface area contributed by atoms with Crippen LogP contribution in [0.1, 0.15) is 12.0 Å². The van der Waals surface area contributed by atoms with Crippen molar-refractivity contribution in [3.8, 4) is 0 Å². The second kappa shape index (κ2) is 6.50. The van der Waals surface area contributed by atoms with Crippen molar-refractivity contribution in [2.75, 3.05) is 6.54 Å². The van der Waals surface area contributed by atoms with Crippen LogP contribution in [0.25, 0.3) is 5.70 Å². The Morgan fingerprint density at radius 1 is 0.905 bits per heavy atom. The molecule has 3 rings (SSSR count). The van der Waals surface area contributed by atoms with Gasteiger partial charge in [0.15, 0.2) is 0 Å². The van der Waals surface area contributed by atoms with Gasteiger partial charge in [0.1, 0.15) is 0 Å². The molecular weight excluding hydrogens is 280 g/mol. The third kappa shape index (κ3) is 3.47. The number of rotatable bonds is 3. The van der Waals surface area contributed by atoms with Crippen LogP contribution in [0.4, 0.5) is 4.79 Å². The molecule has 3 nitrogen and oxygen atoms in total. The highest BCUT2D eigenvalue weighted by atomic mass is 32.2. The van der Waals surface area contributed by atoms with Crippen molar-refractivity contribution in [1.82, 2.24) is 10.6 Å². The van der Waals surface area contributed by atoms with Crippen LogP contribution in [-0.2, 0) is 0 Å². The van der Waals surface area contributed by atoms with Gasteiger partial charge in [0, 0.05) is 16.3 Å². The molecule has 0 radical (unpaired) electrons. The van der Waals surface area contributed by atoms with E-state index in [9.17, 15) is 4.79 Å². The van der Waals surface area contributed by atoms with E-state index >= 15 is 0 Å². The Morgan fingerprint density at radius 2 is 1.57 bits per heavy atom. The maximum absolute atomic E-state index is 11.8. The van der Waals surface area contributed by atoms with Crippen LogP contribution in [0.2, 0.25) is 0 Å². The predicted octanol–water partition coefficient (Wildman–Crippen LogP) is 3.85. The molecule has 2 aromatic carbocycles. The normalized spacial score (nSPS) is 15.1. The molecule has 0 spiro atoms. The van der Waals surface area contributed by atoms with Crippen molar-refractivity contribution in [3.63, 3.8) is 0 Å². The fraction of sp³-hybridized carbons (Fsp3) is 0.118. The first kappa shape index (κ1) is 13.8. The molecule has 106 valence electrons. The van der Waals surface area contributed by atoms with Crippen molar-refractivity contribution in [3.05, 3.63) is 71.1 Å². The minimum absolute atomic E-state index is 0.141. The van der Waals surface area contributed by atoms with Crippen molar-refractivity contribution in [1.29, 1.82) is 0 Å². The van der Waals surface area contributed by atoms with Gasteiger partial charge in [-0.05, 0) is 24.1 Å². The number of carbonyl (C=O) groups excluding carboxylic acids is 1. The summed E-state index contributed by atoms with van der Waals surface area (Å²) in [5.41, 5.74) is 1.94.